The molecule has 0 spiro atoms. The average molecular weight is 329 g/mol. The number of aromatic amines is 1. The van der Waals surface area contributed by atoms with Crippen LogP contribution in [0.1, 0.15) is 32.2 Å². The van der Waals surface area contributed by atoms with E-state index in [2.05, 4.69) is 32.4 Å². The van der Waals surface area contributed by atoms with E-state index in [1.165, 1.54) is 12.5 Å². The van der Waals surface area contributed by atoms with Gasteiger partial charge in [-0.05, 0) is 59.4 Å². The Balaban J connectivity index is 2.19. The molecule has 2 nitrogen and oxygen atoms in total. The lowest BCUT2D eigenvalue weighted by Crippen LogP contribution is -2.05. The number of benzene rings is 1. The molecule has 0 radical (unpaired) electrons. The lowest BCUT2D eigenvalue weighted by atomic mass is 10.1. The Morgan fingerprint density at radius 1 is 1.44 bits per heavy atom. The average Bonchev–Trinajstić information content (AvgIpc) is 2.83. The third kappa shape index (κ3) is 1.93. The summed E-state index contributed by atoms with van der Waals surface area (Å²) in [5.41, 5.74) is 1.77. The molecule has 0 aliphatic heterocycles. The zero-order valence-corrected chi connectivity index (χ0v) is 12.4. The first kappa shape index (κ1) is 12.4. The number of halogens is 2. The fraction of sp³-hybridized carbons (Fsp3) is 0.462. The van der Waals surface area contributed by atoms with Gasteiger partial charge in [0.15, 0.2) is 4.77 Å². The Kier molecular flexibility index (Phi) is 3.06. The lowest BCUT2D eigenvalue weighted by Gasteiger charge is -2.13. The van der Waals surface area contributed by atoms with Crippen LogP contribution in [0.4, 0.5) is 4.39 Å². The highest BCUT2D eigenvalue weighted by molar-refractivity contribution is 9.10. The minimum atomic E-state index is -0.259. The topological polar surface area (TPSA) is 20.7 Å². The molecule has 0 bridgehead atoms. The molecule has 96 valence electrons. The molecule has 1 heterocycles. The maximum Gasteiger partial charge on any atom is 0.178 e. The normalized spacial score (nSPS) is 23.9. The van der Waals surface area contributed by atoms with E-state index in [0.717, 1.165) is 29.8 Å². The number of aromatic nitrogens is 2. The van der Waals surface area contributed by atoms with Gasteiger partial charge in [0, 0.05) is 12.1 Å². The minimum Gasteiger partial charge on any atom is -0.330 e. The van der Waals surface area contributed by atoms with Crippen LogP contribution in [0, 0.1) is 16.5 Å². The maximum absolute atomic E-state index is 13.5. The molecule has 2 atom stereocenters. The summed E-state index contributed by atoms with van der Waals surface area (Å²) in [5, 5.41) is 0. The molecule has 1 aliphatic carbocycles. The van der Waals surface area contributed by atoms with Crippen molar-refractivity contribution in [2.45, 2.75) is 32.2 Å². The molecule has 1 N–H and O–H groups in total. The summed E-state index contributed by atoms with van der Waals surface area (Å²) in [6, 6.07) is 3.77. The molecule has 1 aliphatic rings. The van der Waals surface area contributed by atoms with Gasteiger partial charge < -0.3 is 9.55 Å². The van der Waals surface area contributed by atoms with Gasteiger partial charge >= 0.3 is 0 Å². The van der Waals surface area contributed by atoms with Crippen molar-refractivity contribution < 1.29 is 4.39 Å². The summed E-state index contributed by atoms with van der Waals surface area (Å²) in [6.45, 7) is 2.27. The summed E-state index contributed by atoms with van der Waals surface area (Å²) in [4.78, 5) is 3.10. The van der Waals surface area contributed by atoms with Crippen LogP contribution in [-0.2, 0) is 0 Å². The van der Waals surface area contributed by atoms with Crippen LogP contribution in [0.3, 0.4) is 0 Å². The van der Waals surface area contributed by atoms with E-state index in [0.29, 0.717) is 15.3 Å². The van der Waals surface area contributed by atoms with Crippen molar-refractivity contribution in [1.82, 2.24) is 9.55 Å². The van der Waals surface area contributed by atoms with Crippen LogP contribution in [0.2, 0.25) is 0 Å². The van der Waals surface area contributed by atoms with Crippen LogP contribution in [0.15, 0.2) is 16.6 Å². The predicted octanol–water partition coefficient (Wildman–Crippen LogP) is 4.96. The molecule has 3 rings (SSSR count). The molecule has 0 amide bonds. The van der Waals surface area contributed by atoms with Crippen molar-refractivity contribution in [1.29, 1.82) is 0 Å². The molecular weight excluding hydrogens is 315 g/mol. The number of nitrogens with one attached hydrogen (secondary N) is 1. The van der Waals surface area contributed by atoms with Gasteiger partial charge in [0.25, 0.3) is 0 Å². The van der Waals surface area contributed by atoms with Crippen molar-refractivity contribution in [3.8, 4) is 0 Å². The second-order valence-electron chi connectivity index (χ2n) is 5.16. The number of imidazole rings is 1. The Bertz CT molecular complexity index is 661. The zero-order valence-electron chi connectivity index (χ0n) is 10.0. The Morgan fingerprint density at radius 2 is 2.22 bits per heavy atom. The first-order valence-electron chi connectivity index (χ1n) is 6.15. The molecular formula is C13H14BrFN2S. The van der Waals surface area contributed by atoms with E-state index < -0.39 is 0 Å². The number of hydrogen-bond donors (Lipinski definition) is 1. The number of rotatable bonds is 1. The van der Waals surface area contributed by atoms with E-state index in [4.69, 9.17) is 12.2 Å². The van der Waals surface area contributed by atoms with Crippen LogP contribution in [0.5, 0.6) is 0 Å². The summed E-state index contributed by atoms with van der Waals surface area (Å²) >= 11 is 8.63. The highest BCUT2D eigenvalue weighted by Crippen LogP contribution is 2.37. The summed E-state index contributed by atoms with van der Waals surface area (Å²) in [6.07, 6.45) is 3.54. The second kappa shape index (κ2) is 4.46. The third-order valence-corrected chi connectivity index (χ3v) is 4.70. The van der Waals surface area contributed by atoms with Crippen LogP contribution < -0.4 is 0 Å². The van der Waals surface area contributed by atoms with Crippen molar-refractivity contribution in [3.05, 3.63) is 27.2 Å². The smallest absolute Gasteiger partial charge is 0.178 e. The largest absolute Gasteiger partial charge is 0.330 e. The van der Waals surface area contributed by atoms with E-state index in [-0.39, 0.29) is 5.82 Å². The SMILES string of the molecule is CC1CCC(n2c(=S)[nH]c3cc(F)c(Br)cc32)C1. The second-order valence-corrected chi connectivity index (χ2v) is 6.40. The third-order valence-electron chi connectivity index (χ3n) is 3.79. The molecule has 1 saturated carbocycles. The quantitative estimate of drug-likeness (QED) is 0.733. The molecule has 1 aromatic heterocycles. The zero-order chi connectivity index (χ0) is 12.9. The van der Waals surface area contributed by atoms with Gasteiger partial charge in [-0.3, -0.25) is 0 Å². The monoisotopic (exact) mass is 328 g/mol. The van der Waals surface area contributed by atoms with Crippen molar-refractivity contribution in [3.63, 3.8) is 0 Å². The Morgan fingerprint density at radius 3 is 2.89 bits per heavy atom. The van der Waals surface area contributed by atoms with E-state index in [1.54, 1.807) is 0 Å². The highest BCUT2D eigenvalue weighted by Gasteiger charge is 2.25. The van der Waals surface area contributed by atoms with Crippen LogP contribution in [-0.4, -0.2) is 9.55 Å². The van der Waals surface area contributed by atoms with E-state index in [1.807, 2.05) is 6.07 Å². The number of nitrogens with zero attached hydrogens (tertiary/aromatic N) is 1. The standard InChI is InChI=1S/C13H14BrFN2S/c1-7-2-3-8(4-7)17-12-5-9(14)10(15)6-11(12)16-13(17)18/h5-8H,2-4H2,1H3,(H,16,18). The van der Waals surface area contributed by atoms with Gasteiger partial charge in [0.1, 0.15) is 5.82 Å². The lowest BCUT2D eigenvalue weighted by molar-refractivity contribution is 0.500. The van der Waals surface area contributed by atoms with Gasteiger partial charge in [-0.2, -0.15) is 0 Å². The fourth-order valence-electron chi connectivity index (χ4n) is 2.89. The van der Waals surface area contributed by atoms with Crippen molar-refractivity contribution in [2.24, 2.45) is 5.92 Å². The molecule has 0 saturated heterocycles. The predicted molar refractivity (Wildman–Crippen MR) is 76.8 cm³/mol. The summed E-state index contributed by atoms with van der Waals surface area (Å²) in [5.74, 6) is 0.483. The summed E-state index contributed by atoms with van der Waals surface area (Å²) < 4.78 is 16.9. The van der Waals surface area contributed by atoms with Gasteiger partial charge in [0.2, 0.25) is 0 Å². The maximum atomic E-state index is 13.5. The Hall–Kier alpha value is -0.680. The number of fused-ring (bicyclic) bond motifs is 1. The van der Waals surface area contributed by atoms with Crippen LogP contribution in [0.25, 0.3) is 11.0 Å². The highest BCUT2D eigenvalue weighted by atomic mass is 79.9. The molecule has 2 aromatic rings. The number of H-pyrrole nitrogens is 1. The van der Waals surface area contributed by atoms with Gasteiger partial charge in [-0.25, -0.2) is 4.39 Å². The van der Waals surface area contributed by atoms with Gasteiger partial charge in [-0.15, -0.1) is 0 Å². The molecule has 18 heavy (non-hydrogen) atoms. The molecule has 5 heteroatoms. The van der Waals surface area contributed by atoms with Crippen LogP contribution >= 0.6 is 28.1 Å². The first-order chi connectivity index (χ1) is 8.56. The van der Waals surface area contributed by atoms with Gasteiger partial charge in [0.05, 0.1) is 15.5 Å². The summed E-state index contributed by atoms with van der Waals surface area (Å²) in [7, 11) is 0. The van der Waals surface area contributed by atoms with Crippen molar-refractivity contribution in [2.75, 3.05) is 0 Å². The number of hydrogen-bond acceptors (Lipinski definition) is 1. The Labute approximate surface area is 118 Å². The fourth-order valence-corrected chi connectivity index (χ4v) is 3.58. The molecule has 2 unspecified atom stereocenters. The first-order valence-corrected chi connectivity index (χ1v) is 7.35. The van der Waals surface area contributed by atoms with E-state index in [9.17, 15) is 4.39 Å². The molecule has 1 aromatic carbocycles. The van der Waals surface area contributed by atoms with E-state index >= 15 is 0 Å². The minimum absolute atomic E-state index is 0.259. The van der Waals surface area contributed by atoms with Gasteiger partial charge in [-0.1, -0.05) is 6.92 Å². The molecule has 1 fully saturated rings. The van der Waals surface area contributed by atoms with Crippen molar-refractivity contribution >= 4 is 39.2 Å².